The molecule has 3 aliphatic rings. The Morgan fingerprint density at radius 1 is 1.22 bits per heavy atom. The first-order chi connectivity index (χ1) is 12.9. The van der Waals surface area contributed by atoms with E-state index in [-0.39, 0.29) is 30.3 Å². The Bertz CT molecular complexity index is 808. The summed E-state index contributed by atoms with van der Waals surface area (Å²) in [5.41, 5.74) is 0.485. The molecule has 4 rings (SSSR count). The van der Waals surface area contributed by atoms with Crippen LogP contribution in [0.25, 0.3) is 0 Å². The fourth-order valence-corrected chi connectivity index (χ4v) is 5.14. The molecule has 144 valence electrons. The minimum atomic E-state index is -1.06. The highest BCUT2D eigenvalue weighted by Gasteiger charge is 2.73. The van der Waals surface area contributed by atoms with Gasteiger partial charge in [-0.2, -0.15) is 0 Å². The van der Waals surface area contributed by atoms with Gasteiger partial charge in [0.1, 0.15) is 17.9 Å². The molecule has 4 atom stereocenters. The molecule has 1 aromatic rings. The summed E-state index contributed by atoms with van der Waals surface area (Å²) >= 11 is 0. The molecular formula is C20H26N3O4+. The number of likely N-dealkylation sites (tertiary alicyclic amines) is 1. The van der Waals surface area contributed by atoms with Crippen LogP contribution in [0.2, 0.25) is 0 Å². The fourth-order valence-electron chi connectivity index (χ4n) is 5.14. The van der Waals surface area contributed by atoms with Gasteiger partial charge in [0.25, 0.3) is 5.91 Å². The summed E-state index contributed by atoms with van der Waals surface area (Å²) in [4.78, 5) is 40.9. The molecule has 0 aliphatic carbocycles. The van der Waals surface area contributed by atoms with E-state index in [4.69, 9.17) is 4.74 Å². The lowest BCUT2D eigenvalue weighted by Crippen LogP contribution is -2.99. The van der Waals surface area contributed by atoms with Gasteiger partial charge in [0.05, 0.1) is 18.8 Å². The molecule has 1 aromatic carbocycles. The number of fused-ring (bicyclic) bond motifs is 4. The summed E-state index contributed by atoms with van der Waals surface area (Å²) in [6, 6.07) is 7.39. The average Bonchev–Trinajstić information content (AvgIpc) is 3.19. The molecule has 2 fully saturated rings. The second-order valence-corrected chi connectivity index (χ2v) is 8.15. The average molecular weight is 372 g/mol. The Morgan fingerprint density at radius 2 is 1.96 bits per heavy atom. The topological polar surface area (TPSA) is 92.3 Å². The number of quaternary nitrogens is 1. The molecule has 3 heterocycles. The number of nitrogens with two attached hydrogens (primary N) is 1. The molecule has 7 heteroatoms. The first kappa shape index (κ1) is 18.1. The number of carbonyl (C=O) groups is 3. The smallest absolute Gasteiger partial charge is 0.291 e. The van der Waals surface area contributed by atoms with Gasteiger partial charge >= 0.3 is 0 Å². The first-order valence-corrected chi connectivity index (χ1v) is 9.53. The van der Waals surface area contributed by atoms with Crippen LogP contribution < -0.4 is 10.6 Å². The highest BCUT2D eigenvalue weighted by atomic mass is 16.5. The number of amides is 3. The normalized spacial score (nSPS) is 31.8. The van der Waals surface area contributed by atoms with Crippen LogP contribution in [0.4, 0.5) is 5.69 Å². The molecule has 0 saturated carbocycles. The monoisotopic (exact) mass is 372 g/mol. The maximum absolute atomic E-state index is 13.3. The number of nitrogens with one attached hydrogen (secondary N) is 1. The first-order valence-electron chi connectivity index (χ1n) is 9.53. The van der Waals surface area contributed by atoms with Crippen molar-refractivity contribution in [3.05, 3.63) is 29.8 Å². The minimum Gasteiger partial charge on any atom is -0.383 e. The Morgan fingerprint density at radius 3 is 2.67 bits per heavy atom. The standard InChI is InChI=1S/C20H25N3O4/c1-11(2)10-14-15-16(18(25)23(17(15)24)8-9-27-3)20(22-14)12-6-4-5-7-13(12)21-19(20)26/h4-7,11,14-16,22H,8-10H2,1-3H3,(H,21,26)/p+1/t14-,15+,16-,20+/m0/s1. The van der Waals surface area contributed by atoms with Crippen molar-refractivity contribution in [2.45, 2.75) is 31.8 Å². The number of hydrogen-bond acceptors (Lipinski definition) is 4. The number of ether oxygens (including phenoxy) is 1. The highest BCUT2D eigenvalue weighted by Crippen LogP contribution is 2.49. The summed E-state index contributed by atoms with van der Waals surface area (Å²) in [7, 11) is 1.54. The molecule has 3 aliphatic heterocycles. The lowest BCUT2D eigenvalue weighted by molar-refractivity contribution is -0.734. The van der Waals surface area contributed by atoms with Crippen molar-refractivity contribution < 1.29 is 24.4 Å². The number of benzene rings is 1. The van der Waals surface area contributed by atoms with Crippen molar-refractivity contribution >= 4 is 23.4 Å². The highest BCUT2D eigenvalue weighted by molar-refractivity contribution is 6.13. The predicted molar refractivity (Wildman–Crippen MR) is 97.5 cm³/mol. The van der Waals surface area contributed by atoms with Crippen LogP contribution in [-0.4, -0.2) is 48.9 Å². The number of imide groups is 1. The summed E-state index contributed by atoms with van der Waals surface area (Å²) in [6.45, 7) is 4.72. The number of anilines is 1. The van der Waals surface area contributed by atoms with Gasteiger partial charge in [0.2, 0.25) is 17.4 Å². The van der Waals surface area contributed by atoms with Crippen LogP contribution in [0.5, 0.6) is 0 Å². The zero-order chi connectivity index (χ0) is 19.3. The van der Waals surface area contributed by atoms with Gasteiger partial charge in [-0.3, -0.25) is 19.3 Å². The van der Waals surface area contributed by atoms with E-state index in [1.165, 1.54) is 4.90 Å². The van der Waals surface area contributed by atoms with Crippen molar-refractivity contribution in [2.75, 3.05) is 25.6 Å². The van der Waals surface area contributed by atoms with Crippen LogP contribution in [0, 0.1) is 17.8 Å². The number of methoxy groups -OCH3 is 1. The molecule has 0 radical (unpaired) electrons. The van der Waals surface area contributed by atoms with E-state index < -0.39 is 17.4 Å². The Balaban J connectivity index is 1.82. The van der Waals surface area contributed by atoms with Gasteiger partial charge in [0.15, 0.2) is 0 Å². The van der Waals surface area contributed by atoms with E-state index in [0.29, 0.717) is 12.5 Å². The molecular weight excluding hydrogens is 346 g/mol. The number of nitrogens with zero attached hydrogens (tertiary/aromatic N) is 1. The SMILES string of the molecule is COCCN1C(=O)[C@@H]2[C@H](CC(C)C)[NH2+][C@@]3(C(=O)Nc4ccccc43)[C@@H]2C1=O. The second-order valence-electron chi connectivity index (χ2n) is 8.15. The van der Waals surface area contributed by atoms with E-state index in [9.17, 15) is 14.4 Å². The third-order valence-corrected chi connectivity index (χ3v) is 6.13. The summed E-state index contributed by atoms with van der Waals surface area (Å²) < 4.78 is 5.08. The minimum absolute atomic E-state index is 0.101. The molecule has 1 spiro atoms. The fraction of sp³-hybridized carbons (Fsp3) is 0.550. The van der Waals surface area contributed by atoms with Crippen LogP contribution in [0.15, 0.2) is 24.3 Å². The third-order valence-electron chi connectivity index (χ3n) is 6.13. The third kappa shape index (κ3) is 2.45. The number of carbonyl (C=O) groups excluding carboxylic acids is 3. The van der Waals surface area contributed by atoms with Crippen molar-refractivity contribution in [2.24, 2.45) is 17.8 Å². The van der Waals surface area contributed by atoms with Gasteiger partial charge in [-0.05, 0) is 12.0 Å². The quantitative estimate of drug-likeness (QED) is 0.716. The lowest BCUT2D eigenvalue weighted by Gasteiger charge is -2.26. The Kier molecular flexibility index (Phi) is 4.31. The maximum Gasteiger partial charge on any atom is 0.291 e. The zero-order valence-corrected chi connectivity index (χ0v) is 15.9. The van der Waals surface area contributed by atoms with Gasteiger partial charge in [0, 0.05) is 19.1 Å². The second kappa shape index (κ2) is 6.42. The van der Waals surface area contributed by atoms with E-state index >= 15 is 0 Å². The van der Waals surface area contributed by atoms with Crippen molar-refractivity contribution in [1.29, 1.82) is 0 Å². The van der Waals surface area contributed by atoms with Gasteiger partial charge < -0.3 is 15.4 Å². The van der Waals surface area contributed by atoms with Crippen LogP contribution in [0.1, 0.15) is 25.8 Å². The molecule has 0 bridgehead atoms. The molecule has 3 amide bonds. The molecule has 7 nitrogen and oxygen atoms in total. The van der Waals surface area contributed by atoms with Crippen molar-refractivity contribution in [3.63, 3.8) is 0 Å². The van der Waals surface area contributed by atoms with Crippen molar-refractivity contribution in [1.82, 2.24) is 4.90 Å². The molecule has 3 N–H and O–H groups in total. The van der Waals surface area contributed by atoms with Crippen molar-refractivity contribution in [3.8, 4) is 0 Å². The van der Waals surface area contributed by atoms with Gasteiger partial charge in [-0.15, -0.1) is 0 Å². The molecule has 0 aromatic heterocycles. The molecule has 0 unspecified atom stereocenters. The number of rotatable bonds is 5. The lowest BCUT2D eigenvalue weighted by atomic mass is 9.76. The molecule has 2 saturated heterocycles. The number of para-hydroxylation sites is 1. The molecule has 27 heavy (non-hydrogen) atoms. The Labute approximate surface area is 158 Å². The maximum atomic E-state index is 13.3. The largest absolute Gasteiger partial charge is 0.383 e. The van der Waals surface area contributed by atoms with E-state index in [1.807, 2.05) is 29.6 Å². The van der Waals surface area contributed by atoms with Crippen LogP contribution >= 0.6 is 0 Å². The summed E-state index contributed by atoms with van der Waals surface area (Å²) in [5, 5.41) is 4.93. The van der Waals surface area contributed by atoms with Gasteiger partial charge in [-0.25, -0.2) is 0 Å². The van der Waals surface area contributed by atoms with E-state index in [1.54, 1.807) is 7.11 Å². The predicted octanol–water partition coefficient (Wildman–Crippen LogP) is 0.0733. The van der Waals surface area contributed by atoms with E-state index in [0.717, 1.165) is 17.7 Å². The van der Waals surface area contributed by atoms with Crippen LogP contribution in [-0.2, 0) is 24.7 Å². The summed E-state index contributed by atoms with van der Waals surface area (Å²) in [6.07, 6.45) is 0.773. The summed E-state index contributed by atoms with van der Waals surface area (Å²) in [5.74, 6) is -1.41. The number of hydrogen-bond donors (Lipinski definition) is 2. The van der Waals surface area contributed by atoms with E-state index in [2.05, 4.69) is 19.2 Å². The van der Waals surface area contributed by atoms with Gasteiger partial charge in [-0.1, -0.05) is 32.0 Å². The Hall–Kier alpha value is -2.25. The zero-order valence-electron chi connectivity index (χ0n) is 15.9. The van der Waals surface area contributed by atoms with Crippen LogP contribution in [0.3, 0.4) is 0 Å².